The first-order chi connectivity index (χ1) is 9.11. The molecule has 0 bridgehead atoms. The minimum atomic E-state index is -0.585. The number of hydrogen-bond donors (Lipinski definition) is 0. The first-order valence-corrected chi connectivity index (χ1v) is 6.46. The van der Waals surface area contributed by atoms with Crippen molar-refractivity contribution in [2.45, 2.75) is 13.8 Å². The van der Waals surface area contributed by atoms with Crippen LogP contribution in [-0.4, -0.2) is 22.4 Å². The molecule has 0 aromatic carbocycles. The van der Waals surface area contributed by atoms with E-state index in [1.807, 2.05) is 19.2 Å². The number of furan rings is 1. The molecule has 100 valence electrons. The van der Waals surface area contributed by atoms with Crippen LogP contribution in [0.2, 0.25) is 0 Å². The molecule has 0 fully saturated rings. The molecule has 2 heterocycles. The van der Waals surface area contributed by atoms with Gasteiger partial charge in [-0.3, -0.25) is 15.1 Å². The second-order valence-corrected chi connectivity index (χ2v) is 4.46. The number of nitrogens with zero attached hydrogens (tertiary/aromatic N) is 4. The SMILES string of the molecule is CCN=c1scc(C)n1N=Cc1ccc([N+](=O)[O-])o1. The molecule has 0 amide bonds. The number of rotatable bonds is 4. The molecule has 0 spiro atoms. The summed E-state index contributed by atoms with van der Waals surface area (Å²) in [4.78, 5) is 15.0. The van der Waals surface area contributed by atoms with Gasteiger partial charge in [0.2, 0.25) is 4.80 Å². The zero-order chi connectivity index (χ0) is 13.8. The summed E-state index contributed by atoms with van der Waals surface area (Å²) in [6, 6.07) is 2.80. The molecule has 0 aliphatic rings. The molecule has 0 N–H and O–H groups in total. The molecular weight excluding hydrogens is 268 g/mol. The molecule has 2 rings (SSSR count). The van der Waals surface area contributed by atoms with Gasteiger partial charge in [-0.15, -0.1) is 11.3 Å². The van der Waals surface area contributed by atoms with Crippen molar-refractivity contribution in [2.24, 2.45) is 10.1 Å². The van der Waals surface area contributed by atoms with Crippen molar-refractivity contribution in [2.75, 3.05) is 6.54 Å². The lowest BCUT2D eigenvalue weighted by atomic mass is 10.5. The van der Waals surface area contributed by atoms with Gasteiger partial charge in [0.25, 0.3) is 0 Å². The highest BCUT2D eigenvalue weighted by Gasteiger charge is 2.10. The van der Waals surface area contributed by atoms with Gasteiger partial charge >= 0.3 is 5.88 Å². The van der Waals surface area contributed by atoms with Crippen LogP contribution in [0.5, 0.6) is 0 Å². The summed E-state index contributed by atoms with van der Waals surface area (Å²) in [5, 5.41) is 16.6. The van der Waals surface area contributed by atoms with E-state index in [2.05, 4.69) is 10.1 Å². The molecule has 2 aromatic rings. The highest BCUT2D eigenvalue weighted by atomic mass is 32.1. The summed E-state index contributed by atoms with van der Waals surface area (Å²) in [5.41, 5.74) is 0.939. The van der Waals surface area contributed by atoms with E-state index in [4.69, 9.17) is 4.42 Å². The van der Waals surface area contributed by atoms with Crippen LogP contribution in [0.15, 0.2) is 32.0 Å². The van der Waals surface area contributed by atoms with Crippen molar-refractivity contribution in [1.82, 2.24) is 4.68 Å². The molecule has 0 saturated heterocycles. The van der Waals surface area contributed by atoms with Gasteiger partial charge in [-0.25, -0.2) is 4.68 Å². The third kappa shape index (κ3) is 2.97. The van der Waals surface area contributed by atoms with E-state index in [0.29, 0.717) is 12.3 Å². The highest BCUT2D eigenvalue weighted by molar-refractivity contribution is 7.07. The molecule has 0 aliphatic carbocycles. The fourth-order valence-corrected chi connectivity index (χ4v) is 2.26. The van der Waals surface area contributed by atoms with Crippen molar-refractivity contribution < 1.29 is 9.34 Å². The number of thiazole rings is 1. The largest absolute Gasteiger partial charge is 0.433 e. The number of nitro groups is 1. The summed E-state index contributed by atoms with van der Waals surface area (Å²) < 4.78 is 6.66. The predicted octanol–water partition coefficient (Wildman–Crippen LogP) is 2.16. The van der Waals surface area contributed by atoms with Gasteiger partial charge in [-0.05, 0) is 19.9 Å². The van der Waals surface area contributed by atoms with Gasteiger partial charge in [0.05, 0.1) is 18.0 Å². The van der Waals surface area contributed by atoms with Crippen LogP contribution in [0.4, 0.5) is 5.88 Å². The van der Waals surface area contributed by atoms with E-state index in [1.54, 1.807) is 4.68 Å². The van der Waals surface area contributed by atoms with Gasteiger partial charge in [-0.1, -0.05) is 0 Å². The second-order valence-electron chi connectivity index (χ2n) is 3.62. The summed E-state index contributed by atoms with van der Waals surface area (Å²) in [7, 11) is 0. The Balaban J connectivity index is 2.29. The Hall–Kier alpha value is -2.22. The van der Waals surface area contributed by atoms with Gasteiger partial charge in [0.1, 0.15) is 4.92 Å². The number of hydrogen-bond acceptors (Lipinski definition) is 6. The van der Waals surface area contributed by atoms with Crippen LogP contribution >= 0.6 is 11.3 Å². The average molecular weight is 280 g/mol. The van der Waals surface area contributed by atoms with Crippen LogP contribution in [0.3, 0.4) is 0 Å². The van der Waals surface area contributed by atoms with Crippen molar-refractivity contribution in [3.8, 4) is 0 Å². The Morgan fingerprint density at radius 2 is 2.37 bits per heavy atom. The molecule has 2 aromatic heterocycles. The Kier molecular flexibility index (Phi) is 3.91. The topological polar surface area (TPSA) is 85.9 Å². The van der Waals surface area contributed by atoms with Crippen LogP contribution in [-0.2, 0) is 0 Å². The second kappa shape index (κ2) is 5.61. The van der Waals surface area contributed by atoms with Gasteiger partial charge < -0.3 is 4.42 Å². The Morgan fingerprint density at radius 3 is 3.00 bits per heavy atom. The minimum absolute atomic E-state index is 0.299. The molecule has 8 heteroatoms. The number of aromatic nitrogens is 1. The van der Waals surface area contributed by atoms with Gasteiger partial charge in [-0.2, -0.15) is 5.10 Å². The van der Waals surface area contributed by atoms with E-state index < -0.39 is 4.92 Å². The van der Waals surface area contributed by atoms with Crippen LogP contribution in [0.25, 0.3) is 0 Å². The van der Waals surface area contributed by atoms with E-state index in [1.165, 1.54) is 29.7 Å². The minimum Gasteiger partial charge on any atom is -0.400 e. The summed E-state index contributed by atoms with van der Waals surface area (Å²) in [6.45, 7) is 4.52. The monoisotopic (exact) mass is 280 g/mol. The maximum Gasteiger partial charge on any atom is 0.433 e. The first kappa shape index (κ1) is 13.2. The van der Waals surface area contributed by atoms with Crippen LogP contribution < -0.4 is 4.80 Å². The first-order valence-electron chi connectivity index (χ1n) is 5.58. The Bertz CT molecular complexity index is 680. The summed E-state index contributed by atoms with van der Waals surface area (Å²) in [5.74, 6) is 0.0270. The molecule has 7 nitrogen and oxygen atoms in total. The van der Waals surface area contributed by atoms with Gasteiger partial charge in [0, 0.05) is 11.9 Å². The summed E-state index contributed by atoms with van der Waals surface area (Å²) >= 11 is 1.49. The maximum atomic E-state index is 10.5. The normalized spacial score (nSPS) is 12.4. The zero-order valence-electron chi connectivity index (χ0n) is 10.4. The Morgan fingerprint density at radius 1 is 1.58 bits per heavy atom. The van der Waals surface area contributed by atoms with Gasteiger partial charge in [0.15, 0.2) is 5.76 Å². The van der Waals surface area contributed by atoms with Crippen molar-refractivity contribution in [3.63, 3.8) is 0 Å². The average Bonchev–Trinajstić information content (AvgIpc) is 2.96. The van der Waals surface area contributed by atoms with E-state index in [9.17, 15) is 10.1 Å². The molecule has 0 unspecified atom stereocenters. The summed E-state index contributed by atoms with van der Waals surface area (Å²) in [6.07, 6.45) is 1.43. The third-order valence-electron chi connectivity index (χ3n) is 2.24. The standard InChI is InChI=1S/C11H12N4O3S/c1-3-12-11-14(8(2)7-19-11)13-6-9-4-5-10(18-9)15(16)17/h4-7H,3H2,1-2H3. The highest BCUT2D eigenvalue weighted by Crippen LogP contribution is 2.13. The smallest absolute Gasteiger partial charge is 0.400 e. The molecule has 0 aliphatic heterocycles. The molecule has 19 heavy (non-hydrogen) atoms. The predicted molar refractivity (Wildman–Crippen MR) is 71.5 cm³/mol. The van der Waals surface area contributed by atoms with E-state index >= 15 is 0 Å². The molecular formula is C11H12N4O3S. The van der Waals surface area contributed by atoms with E-state index in [0.717, 1.165) is 10.5 Å². The lowest BCUT2D eigenvalue weighted by molar-refractivity contribution is -0.402. The fraction of sp³-hybridized carbons (Fsp3) is 0.273. The van der Waals surface area contributed by atoms with Crippen LogP contribution in [0, 0.1) is 17.0 Å². The fourth-order valence-electron chi connectivity index (χ4n) is 1.39. The van der Waals surface area contributed by atoms with Crippen LogP contribution in [0.1, 0.15) is 18.4 Å². The molecule has 0 atom stereocenters. The third-order valence-corrected chi connectivity index (χ3v) is 3.21. The van der Waals surface area contributed by atoms with Crippen molar-refractivity contribution in [1.29, 1.82) is 0 Å². The maximum absolute atomic E-state index is 10.5. The molecule has 0 radical (unpaired) electrons. The van der Waals surface area contributed by atoms with Crippen molar-refractivity contribution in [3.05, 3.63) is 43.9 Å². The number of aryl methyl sites for hydroxylation is 1. The van der Waals surface area contributed by atoms with Crippen molar-refractivity contribution >= 4 is 23.4 Å². The zero-order valence-corrected chi connectivity index (χ0v) is 11.3. The molecule has 0 saturated carbocycles. The Labute approximate surface area is 112 Å². The van der Waals surface area contributed by atoms with E-state index in [-0.39, 0.29) is 5.88 Å². The lowest BCUT2D eigenvalue weighted by Gasteiger charge is -1.95. The lowest BCUT2D eigenvalue weighted by Crippen LogP contribution is -2.12. The quantitative estimate of drug-likeness (QED) is 0.488.